The molecule has 0 fully saturated rings. The van der Waals surface area contributed by atoms with Crippen LogP contribution in [-0.4, -0.2) is 18.0 Å². The maximum absolute atomic E-state index is 13.2. The quantitative estimate of drug-likeness (QED) is 0.714. The van der Waals surface area contributed by atoms with Gasteiger partial charge in [-0.2, -0.15) is 0 Å². The van der Waals surface area contributed by atoms with E-state index in [1.807, 2.05) is 0 Å². The number of para-hydroxylation sites is 2. The summed E-state index contributed by atoms with van der Waals surface area (Å²) in [5.74, 6) is -1.29. The lowest BCUT2D eigenvalue weighted by molar-refractivity contribution is 0.102. The molecule has 0 unspecified atom stereocenters. The molecule has 0 saturated carbocycles. The molecule has 0 radical (unpaired) electrons. The third-order valence-corrected chi connectivity index (χ3v) is 3.57. The second kappa shape index (κ2) is 7.60. The number of rotatable bonds is 5. The fraction of sp³-hybridized carbons (Fsp3) is 0.0526. The van der Waals surface area contributed by atoms with Gasteiger partial charge in [0.1, 0.15) is 11.6 Å². The van der Waals surface area contributed by atoms with Crippen LogP contribution in [0.3, 0.4) is 0 Å². The number of benzene rings is 2. The summed E-state index contributed by atoms with van der Waals surface area (Å²) in [6, 6.07) is 13.6. The van der Waals surface area contributed by atoms with Gasteiger partial charge in [0.2, 0.25) is 0 Å². The molecular weight excluding hydrogens is 340 g/mol. The molecule has 3 aromatic rings. The van der Waals surface area contributed by atoms with Crippen molar-refractivity contribution in [2.75, 3.05) is 17.7 Å². The van der Waals surface area contributed by atoms with Crippen LogP contribution in [0.5, 0.6) is 5.75 Å². The van der Waals surface area contributed by atoms with Crippen LogP contribution >= 0.6 is 0 Å². The Balaban J connectivity index is 1.70. The Kier molecular flexibility index (Phi) is 5.07. The molecule has 0 aliphatic heterocycles. The molecule has 1 amide bonds. The summed E-state index contributed by atoms with van der Waals surface area (Å²) < 4.78 is 31.4. The lowest BCUT2D eigenvalue weighted by Gasteiger charge is -2.10. The van der Waals surface area contributed by atoms with Gasteiger partial charge in [-0.1, -0.05) is 12.1 Å². The minimum atomic E-state index is -0.956. The monoisotopic (exact) mass is 355 g/mol. The van der Waals surface area contributed by atoms with Crippen molar-refractivity contribution in [3.8, 4) is 5.75 Å². The molecule has 0 atom stereocenters. The molecule has 26 heavy (non-hydrogen) atoms. The highest BCUT2D eigenvalue weighted by Crippen LogP contribution is 2.24. The van der Waals surface area contributed by atoms with Crippen molar-refractivity contribution in [2.24, 2.45) is 0 Å². The van der Waals surface area contributed by atoms with E-state index in [-0.39, 0.29) is 5.91 Å². The number of nitrogens with zero attached hydrogens (tertiary/aromatic N) is 1. The van der Waals surface area contributed by atoms with Gasteiger partial charge in [-0.25, -0.2) is 13.8 Å². The van der Waals surface area contributed by atoms with Crippen LogP contribution in [0.15, 0.2) is 60.8 Å². The molecule has 0 saturated heterocycles. The third-order valence-electron chi connectivity index (χ3n) is 3.57. The molecule has 5 nitrogen and oxygen atoms in total. The maximum atomic E-state index is 13.2. The normalized spacial score (nSPS) is 10.3. The fourth-order valence-corrected chi connectivity index (χ4v) is 2.27. The Morgan fingerprint density at radius 2 is 1.85 bits per heavy atom. The molecule has 0 aliphatic rings. The zero-order valence-corrected chi connectivity index (χ0v) is 13.8. The minimum absolute atomic E-state index is 0.340. The average Bonchev–Trinajstić information content (AvgIpc) is 2.66. The molecule has 0 bridgehead atoms. The van der Waals surface area contributed by atoms with E-state index < -0.39 is 11.6 Å². The highest BCUT2D eigenvalue weighted by atomic mass is 19.2. The smallest absolute Gasteiger partial charge is 0.257 e. The van der Waals surface area contributed by atoms with E-state index in [4.69, 9.17) is 4.74 Å². The number of pyridine rings is 1. The van der Waals surface area contributed by atoms with Crippen LogP contribution in [0.25, 0.3) is 0 Å². The molecule has 1 heterocycles. The van der Waals surface area contributed by atoms with Crippen molar-refractivity contribution in [1.29, 1.82) is 0 Å². The van der Waals surface area contributed by atoms with E-state index in [0.717, 1.165) is 12.1 Å². The van der Waals surface area contributed by atoms with Gasteiger partial charge >= 0.3 is 0 Å². The first-order valence-electron chi connectivity index (χ1n) is 7.69. The predicted octanol–water partition coefficient (Wildman–Crippen LogP) is 4.36. The van der Waals surface area contributed by atoms with Gasteiger partial charge in [-0.05, 0) is 36.4 Å². The van der Waals surface area contributed by atoms with Crippen LogP contribution in [0.4, 0.5) is 26.0 Å². The Bertz CT molecular complexity index is 930. The van der Waals surface area contributed by atoms with Crippen LogP contribution in [-0.2, 0) is 0 Å². The Morgan fingerprint density at radius 3 is 2.54 bits per heavy atom. The summed E-state index contributed by atoms with van der Waals surface area (Å²) in [7, 11) is 1.52. The van der Waals surface area contributed by atoms with E-state index in [9.17, 15) is 13.6 Å². The van der Waals surface area contributed by atoms with Gasteiger partial charge in [0, 0.05) is 18.0 Å². The molecule has 132 valence electrons. The highest BCUT2D eigenvalue weighted by Gasteiger charge is 2.10. The SMILES string of the molecule is COc1ccccc1NC(=O)c1ccc(Nc2ccc(F)c(F)c2)nc1. The van der Waals surface area contributed by atoms with Gasteiger partial charge < -0.3 is 15.4 Å². The minimum Gasteiger partial charge on any atom is -0.495 e. The summed E-state index contributed by atoms with van der Waals surface area (Å²) in [6.45, 7) is 0. The highest BCUT2D eigenvalue weighted by molar-refractivity contribution is 6.04. The molecule has 0 spiro atoms. The number of halogens is 2. The second-order valence-electron chi connectivity index (χ2n) is 5.34. The van der Waals surface area contributed by atoms with Crippen molar-refractivity contribution < 1.29 is 18.3 Å². The number of aromatic nitrogens is 1. The predicted molar refractivity (Wildman–Crippen MR) is 94.8 cm³/mol. The van der Waals surface area contributed by atoms with E-state index in [1.54, 1.807) is 36.4 Å². The van der Waals surface area contributed by atoms with E-state index >= 15 is 0 Å². The summed E-state index contributed by atoms with van der Waals surface area (Å²) >= 11 is 0. The van der Waals surface area contributed by atoms with E-state index in [2.05, 4.69) is 15.6 Å². The molecule has 7 heteroatoms. The van der Waals surface area contributed by atoms with Crippen LogP contribution in [0.2, 0.25) is 0 Å². The first-order chi connectivity index (χ1) is 12.6. The number of ether oxygens (including phenoxy) is 1. The topological polar surface area (TPSA) is 63.2 Å². The van der Waals surface area contributed by atoms with Crippen LogP contribution in [0.1, 0.15) is 10.4 Å². The van der Waals surface area contributed by atoms with Crippen molar-refractivity contribution in [2.45, 2.75) is 0 Å². The number of hydrogen-bond donors (Lipinski definition) is 2. The fourth-order valence-electron chi connectivity index (χ4n) is 2.27. The molecule has 0 aliphatic carbocycles. The van der Waals surface area contributed by atoms with Crippen molar-refractivity contribution in [1.82, 2.24) is 4.98 Å². The lowest BCUT2D eigenvalue weighted by atomic mass is 10.2. The Labute approximate surface area is 148 Å². The van der Waals surface area contributed by atoms with E-state index in [1.165, 1.54) is 19.4 Å². The lowest BCUT2D eigenvalue weighted by Crippen LogP contribution is -2.13. The van der Waals surface area contributed by atoms with Gasteiger partial charge in [0.05, 0.1) is 18.4 Å². The zero-order chi connectivity index (χ0) is 18.5. The van der Waals surface area contributed by atoms with Crippen LogP contribution < -0.4 is 15.4 Å². The van der Waals surface area contributed by atoms with Crippen molar-refractivity contribution in [3.63, 3.8) is 0 Å². The number of anilines is 3. The number of nitrogens with one attached hydrogen (secondary N) is 2. The largest absolute Gasteiger partial charge is 0.495 e. The number of methoxy groups -OCH3 is 1. The Hall–Kier alpha value is -3.48. The average molecular weight is 355 g/mol. The maximum Gasteiger partial charge on any atom is 0.257 e. The van der Waals surface area contributed by atoms with Crippen LogP contribution in [0, 0.1) is 11.6 Å². The van der Waals surface area contributed by atoms with Crippen molar-refractivity contribution in [3.05, 3.63) is 78.0 Å². The first-order valence-corrected chi connectivity index (χ1v) is 7.69. The van der Waals surface area contributed by atoms with Gasteiger partial charge in [-0.3, -0.25) is 4.79 Å². The summed E-state index contributed by atoms with van der Waals surface area (Å²) in [5.41, 5.74) is 1.23. The number of carbonyl (C=O) groups excluding carboxylic acids is 1. The molecule has 2 N–H and O–H groups in total. The number of amides is 1. The summed E-state index contributed by atoms with van der Waals surface area (Å²) in [5, 5.41) is 5.58. The number of hydrogen-bond acceptors (Lipinski definition) is 4. The molecule has 3 rings (SSSR count). The summed E-state index contributed by atoms with van der Waals surface area (Å²) in [4.78, 5) is 16.4. The van der Waals surface area contributed by atoms with Crippen molar-refractivity contribution >= 4 is 23.1 Å². The van der Waals surface area contributed by atoms with Gasteiger partial charge in [0.15, 0.2) is 11.6 Å². The molecular formula is C19H15F2N3O2. The van der Waals surface area contributed by atoms with E-state index in [0.29, 0.717) is 28.5 Å². The summed E-state index contributed by atoms with van der Waals surface area (Å²) in [6.07, 6.45) is 1.38. The number of carbonyl (C=O) groups is 1. The molecule has 1 aromatic heterocycles. The Morgan fingerprint density at radius 1 is 1.04 bits per heavy atom. The first kappa shape index (κ1) is 17.3. The standard InChI is InChI=1S/C19H15F2N3O2/c1-26-17-5-3-2-4-16(17)24-19(25)12-6-9-18(22-11-12)23-13-7-8-14(20)15(21)10-13/h2-11H,1H3,(H,22,23)(H,24,25). The molecule has 2 aromatic carbocycles. The third kappa shape index (κ3) is 3.94. The second-order valence-corrected chi connectivity index (χ2v) is 5.34. The zero-order valence-electron chi connectivity index (χ0n) is 13.8. The van der Waals surface area contributed by atoms with Gasteiger partial charge in [0.25, 0.3) is 5.91 Å². The van der Waals surface area contributed by atoms with Gasteiger partial charge in [-0.15, -0.1) is 0 Å².